The van der Waals surface area contributed by atoms with Crippen molar-refractivity contribution in [1.29, 1.82) is 0 Å². The summed E-state index contributed by atoms with van der Waals surface area (Å²) in [5, 5.41) is 9.78. The molecular formula is C19H30LaNO3-. The van der Waals surface area contributed by atoms with E-state index in [1.807, 2.05) is 33.8 Å². The first-order valence-corrected chi connectivity index (χ1v) is 8.65. The average Bonchev–Trinajstić information content (AvgIpc) is 2.61. The molecule has 5 heteroatoms. The third kappa shape index (κ3) is 7.95. The van der Waals surface area contributed by atoms with Crippen molar-refractivity contribution in [3.05, 3.63) is 39.8 Å². The maximum absolute atomic E-state index is 12.0. The van der Waals surface area contributed by atoms with E-state index in [1.165, 1.54) is 25.3 Å². The first-order chi connectivity index (χ1) is 11.1. The normalized spacial score (nSPS) is 13.9. The van der Waals surface area contributed by atoms with E-state index >= 15 is 0 Å². The number of H-pyrrole nitrogens is 1. The molecular weight excluding hydrogens is 429 g/mol. The molecule has 0 atom stereocenters. The zero-order valence-corrected chi connectivity index (χ0v) is 19.2. The summed E-state index contributed by atoms with van der Waals surface area (Å²) >= 11 is 0. The maximum Gasteiger partial charge on any atom is 0.170 e. The van der Waals surface area contributed by atoms with Gasteiger partial charge in [-0.2, -0.15) is 0 Å². The van der Waals surface area contributed by atoms with Crippen molar-refractivity contribution in [3.8, 4) is 5.75 Å². The number of aromatic hydroxyl groups is 1. The SMILES string of the molecule is CC.CC.Cc1[c-][nH]c(=O)c(C(=O)/C=C/C2CCCCC2)c1O.[La]. The average molecular weight is 459 g/mol. The Bertz CT molecular complexity index is 558. The van der Waals surface area contributed by atoms with Crippen LogP contribution in [0.15, 0.2) is 16.9 Å². The Balaban J connectivity index is 0. The second kappa shape index (κ2) is 14.7. The van der Waals surface area contributed by atoms with Crippen molar-refractivity contribution in [3.63, 3.8) is 0 Å². The number of allylic oxidation sites excluding steroid dienone is 2. The minimum absolute atomic E-state index is 0. The molecule has 0 spiro atoms. The number of hydrogen-bond acceptors (Lipinski definition) is 3. The fourth-order valence-corrected chi connectivity index (χ4v) is 2.43. The van der Waals surface area contributed by atoms with Gasteiger partial charge in [0.15, 0.2) is 5.78 Å². The minimum atomic E-state index is -0.596. The number of aryl methyl sites for hydroxylation is 1. The van der Waals surface area contributed by atoms with E-state index in [2.05, 4.69) is 11.2 Å². The first kappa shape index (κ1) is 25.6. The van der Waals surface area contributed by atoms with E-state index in [9.17, 15) is 14.7 Å². The van der Waals surface area contributed by atoms with Gasteiger partial charge in [-0.15, -0.1) is 5.56 Å². The molecule has 0 aromatic carbocycles. The molecule has 1 radical (unpaired) electrons. The molecule has 1 heterocycles. The van der Waals surface area contributed by atoms with Crippen LogP contribution in [0.1, 0.15) is 75.7 Å². The van der Waals surface area contributed by atoms with Crippen LogP contribution in [0.5, 0.6) is 5.75 Å². The molecule has 0 amide bonds. The molecule has 0 unspecified atom stereocenters. The first-order valence-electron chi connectivity index (χ1n) is 8.65. The molecule has 1 fully saturated rings. The summed E-state index contributed by atoms with van der Waals surface area (Å²) in [7, 11) is 0. The Morgan fingerprint density at radius 2 is 1.71 bits per heavy atom. The Labute approximate surface area is 173 Å². The van der Waals surface area contributed by atoms with Crippen LogP contribution >= 0.6 is 0 Å². The monoisotopic (exact) mass is 459 g/mol. The molecule has 1 saturated carbocycles. The van der Waals surface area contributed by atoms with Gasteiger partial charge in [0.2, 0.25) is 0 Å². The third-order valence-electron chi connectivity index (χ3n) is 3.60. The van der Waals surface area contributed by atoms with E-state index in [0.29, 0.717) is 11.5 Å². The van der Waals surface area contributed by atoms with E-state index in [-0.39, 0.29) is 46.9 Å². The molecule has 1 aromatic heterocycles. The summed E-state index contributed by atoms with van der Waals surface area (Å²) < 4.78 is 0. The van der Waals surface area contributed by atoms with E-state index in [4.69, 9.17) is 0 Å². The number of nitrogens with one attached hydrogen (secondary N) is 1. The van der Waals surface area contributed by atoms with Crippen LogP contribution in [0.4, 0.5) is 0 Å². The summed E-state index contributed by atoms with van der Waals surface area (Å²) in [6.45, 7) is 9.59. The number of ketones is 1. The van der Waals surface area contributed by atoms with Gasteiger partial charge in [-0.3, -0.25) is 4.79 Å². The second-order valence-corrected chi connectivity index (χ2v) is 5.05. The van der Waals surface area contributed by atoms with Gasteiger partial charge < -0.3 is 14.9 Å². The molecule has 1 aromatic rings. The van der Waals surface area contributed by atoms with Gasteiger partial charge in [0.25, 0.3) is 0 Å². The van der Waals surface area contributed by atoms with Crippen LogP contribution in [0, 0.1) is 54.6 Å². The number of hydrogen-bond donors (Lipinski definition) is 2. The molecule has 2 N–H and O–H groups in total. The Hall–Kier alpha value is -0.645. The quantitative estimate of drug-likeness (QED) is 0.396. The molecule has 133 valence electrons. The predicted molar refractivity (Wildman–Crippen MR) is 95.0 cm³/mol. The molecule has 2 rings (SSSR count). The number of carbonyl (C=O) groups excluding carboxylic acids is 1. The smallest absolute Gasteiger partial charge is 0.170 e. The number of pyridine rings is 1. The van der Waals surface area contributed by atoms with Crippen LogP contribution in [0.3, 0.4) is 0 Å². The molecule has 4 nitrogen and oxygen atoms in total. The molecule has 0 bridgehead atoms. The summed E-state index contributed by atoms with van der Waals surface area (Å²) in [5.74, 6) is -0.307. The summed E-state index contributed by atoms with van der Waals surface area (Å²) in [6.07, 6.45) is 11.6. The van der Waals surface area contributed by atoms with E-state index in [0.717, 1.165) is 12.8 Å². The molecule has 24 heavy (non-hydrogen) atoms. The van der Waals surface area contributed by atoms with Crippen molar-refractivity contribution in [1.82, 2.24) is 4.98 Å². The summed E-state index contributed by atoms with van der Waals surface area (Å²) in [6, 6.07) is 0. The van der Waals surface area contributed by atoms with Gasteiger partial charge in [0, 0.05) is 46.9 Å². The van der Waals surface area contributed by atoms with Gasteiger partial charge in [0.05, 0.1) is 0 Å². The Morgan fingerprint density at radius 1 is 1.17 bits per heavy atom. The summed E-state index contributed by atoms with van der Waals surface area (Å²) in [5.41, 5.74) is -0.418. The Morgan fingerprint density at radius 3 is 2.25 bits per heavy atom. The van der Waals surface area contributed by atoms with Gasteiger partial charge in [-0.25, -0.2) is 0 Å². The second-order valence-electron chi connectivity index (χ2n) is 5.05. The fourth-order valence-electron chi connectivity index (χ4n) is 2.43. The van der Waals surface area contributed by atoms with Crippen LogP contribution in [-0.2, 0) is 0 Å². The van der Waals surface area contributed by atoms with E-state index in [1.54, 1.807) is 6.92 Å². The number of rotatable bonds is 3. The molecule has 1 aliphatic rings. The van der Waals surface area contributed by atoms with Gasteiger partial charge in [0.1, 0.15) is 5.56 Å². The molecule has 0 aliphatic heterocycles. The van der Waals surface area contributed by atoms with Crippen LogP contribution < -0.4 is 5.56 Å². The van der Waals surface area contributed by atoms with Crippen molar-refractivity contribution in [2.45, 2.75) is 66.7 Å². The van der Waals surface area contributed by atoms with Gasteiger partial charge in [-0.05, 0) is 24.8 Å². The van der Waals surface area contributed by atoms with Crippen molar-refractivity contribution >= 4 is 5.78 Å². The van der Waals surface area contributed by atoms with Crippen LogP contribution in [0.25, 0.3) is 0 Å². The Kier molecular flexibility index (Phi) is 15.7. The number of aromatic amines is 1. The van der Waals surface area contributed by atoms with Crippen LogP contribution in [-0.4, -0.2) is 15.9 Å². The summed E-state index contributed by atoms with van der Waals surface area (Å²) in [4.78, 5) is 25.9. The molecule has 1 aliphatic carbocycles. The zero-order chi connectivity index (χ0) is 17.8. The van der Waals surface area contributed by atoms with Gasteiger partial charge >= 0.3 is 0 Å². The minimum Gasteiger partial charge on any atom is -0.565 e. The van der Waals surface area contributed by atoms with Crippen molar-refractivity contribution in [2.75, 3.05) is 0 Å². The molecule has 0 saturated heterocycles. The van der Waals surface area contributed by atoms with Gasteiger partial charge in [-0.1, -0.05) is 66.2 Å². The maximum atomic E-state index is 12.0. The van der Waals surface area contributed by atoms with Crippen LogP contribution in [0.2, 0.25) is 0 Å². The standard InChI is InChI=1S/C15H18NO3.2C2H6.La/c1-10-9-16-15(19)13(14(10)18)12(17)8-7-11-5-3-2-4-6-11;2*1-2;/h7-8,11H,2-6H2,1H3,(H2,16,18,19);2*1-2H3;/q-1;;;/b8-7+;;;. The van der Waals surface area contributed by atoms with Crippen molar-refractivity contribution < 1.29 is 45.5 Å². The fraction of sp³-hybridized carbons (Fsp3) is 0.579. The number of aromatic nitrogens is 1. The predicted octanol–water partition coefficient (Wildman–Crippen LogP) is 4.56. The topological polar surface area (TPSA) is 70.2 Å². The number of carbonyl (C=O) groups is 1. The zero-order valence-electron chi connectivity index (χ0n) is 15.6. The largest absolute Gasteiger partial charge is 0.565 e. The van der Waals surface area contributed by atoms with Crippen molar-refractivity contribution in [2.24, 2.45) is 5.92 Å². The van der Waals surface area contributed by atoms with E-state index < -0.39 is 11.3 Å². The third-order valence-corrected chi connectivity index (χ3v) is 3.60.